The highest BCUT2D eigenvalue weighted by Gasteiger charge is 2.25. The molecule has 0 aliphatic carbocycles. The third-order valence-electron chi connectivity index (χ3n) is 3.50. The van der Waals surface area contributed by atoms with Gasteiger partial charge < -0.3 is 10.1 Å². The first-order valence-corrected chi connectivity index (χ1v) is 9.99. The van der Waals surface area contributed by atoms with Gasteiger partial charge in [-0.15, -0.1) is 11.3 Å². The Morgan fingerprint density at radius 1 is 1.27 bits per heavy atom. The molecule has 0 spiro atoms. The number of methoxy groups -OCH3 is 1. The number of amides is 1. The minimum atomic E-state index is -3.79. The van der Waals surface area contributed by atoms with Gasteiger partial charge in [-0.3, -0.25) is 4.79 Å². The Hall–Kier alpha value is -1.94. The summed E-state index contributed by atoms with van der Waals surface area (Å²) in [4.78, 5) is 23.7. The van der Waals surface area contributed by atoms with Crippen molar-refractivity contribution in [2.45, 2.75) is 11.1 Å². The van der Waals surface area contributed by atoms with Crippen molar-refractivity contribution in [1.82, 2.24) is 4.31 Å². The second-order valence-electron chi connectivity index (χ2n) is 5.39. The van der Waals surface area contributed by atoms with Crippen LogP contribution in [0.3, 0.4) is 0 Å². The molecule has 1 aromatic heterocycles. The average molecular weight is 417 g/mol. The molecular weight excluding hydrogens is 400 g/mol. The number of halogens is 1. The van der Waals surface area contributed by atoms with Gasteiger partial charge in [0.1, 0.15) is 4.21 Å². The summed E-state index contributed by atoms with van der Waals surface area (Å²) < 4.78 is 30.8. The third kappa shape index (κ3) is 4.61. The maximum atomic E-state index is 12.4. The van der Waals surface area contributed by atoms with Gasteiger partial charge in [0, 0.05) is 12.7 Å². The lowest BCUT2D eigenvalue weighted by Crippen LogP contribution is -2.34. The molecule has 10 heteroatoms. The number of carbonyl (C=O) groups is 2. The zero-order valence-corrected chi connectivity index (χ0v) is 16.7. The van der Waals surface area contributed by atoms with Crippen LogP contribution in [0.2, 0.25) is 4.34 Å². The van der Waals surface area contributed by atoms with E-state index in [0.717, 1.165) is 15.6 Å². The van der Waals surface area contributed by atoms with Gasteiger partial charge in [0.2, 0.25) is 5.91 Å². The van der Waals surface area contributed by atoms with Crippen LogP contribution in [0, 0.1) is 6.92 Å². The summed E-state index contributed by atoms with van der Waals surface area (Å²) in [6, 6.07) is 7.54. The summed E-state index contributed by atoms with van der Waals surface area (Å²) in [5.74, 6) is -0.987. The van der Waals surface area contributed by atoms with Crippen molar-refractivity contribution < 1.29 is 22.7 Å². The number of likely N-dealkylation sites (N-methyl/N-ethyl adjacent to an activating group) is 1. The van der Waals surface area contributed by atoms with Crippen LogP contribution in [0.25, 0.3) is 0 Å². The van der Waals surface area contributed by atoms with Crippen molar-refractivity contribution in [1.29, 1.82) is 0 Å². The lowest BCUT2D eigenvalue weighted by atomic mass is 10.1. The van der Waals surface area contributed by atoms with Crippen molar-refractivity contribution in [3.63, 3.8) is 0 Å². The number of ether oxygens (including phenoxy) is 1. The molecule has 26 heavy (non-hydrogen) atoms. The quantitative estimate of drug-likeness (QED) is 0.731. The largest absolute Gasteiger partial charge is 0.465 e. The second kappa shape index (κ2) is 8.17. The van der Waals surface area contributed by atoms with E-state index in [-0.39, 0.29) is 10.8 Å². The normalized spacial score (nSPS) is 11.4. The van der Waals surface area contributed by atoms with Gasteiger partial charge in [-0.05, 0) is 42.8 Å². The summed E-state index contributed by atoms with van der Waals surface area (Å²) in [6.07, 6.45) is 0. The van der Waals surface area contributed by atoms with Gasteiger partial charge in [0.25, 0.3) is 10.0 Å². The van der Waals surface area contributed by atoms with Gasteiger partial charge in [-0.1, -0.05) is 11.6 Å². The van der Waals surface area contributed by atoms with Crippen LogP contribution in [0.4, 0.5) is 5.69 Å². The van der Waals surface area contributed by atoms with Gasteiger partial charge in [-0.25, -0.2) is 13.2 Å². The Balaban J connectivity index is 2.07. The number of nitrogens with zero attached hydrogens (tertiary/aromatic N) is 1. The van der Waals surface area contributed by atoms with E-state index >= 15 is 0 Å². The van der Waals surface area contributed by atoms with Crippen molar-refractivity contribution >= 4 is 50.5 Å². The van der Waals surface area contributed by atoms with Gasteiger partial charge in [0.15, 0.2) is 0 Å². The first-order chi connectivity index (χ1) is 12.1. The summed E-state index contributed by atoms with van der Waals surface area (Å²) >= 11 is 6.69. The number of sulfonamides is 1. The molecule has 0 aliphatic heterocycles. The van der Waals surface area contributed by atoms with E-state index in [0.29, 0.717) is 21.2 Å². The average Bonchev–Trinajstić information content (AvgIpc) is 3.03. The number of anilines is 1. The smallest absolute Gasteiger partial charge is 0.337 e. The van der Waals surface area contributed by atoms with E-state index in [2.05, 4.69) is 10.1 Å². The van der Waals surface area contributed by atoms with Crippen molar-refractivity contribution in [3.8, 4) is 0 Å². The summed E-state index contributed by atoms with van der Waals surface area (Å²) in [5.41, 5.74) is 1.49. The molecule has 0 fully saturated rings. The van der Waals surface area contributed by atoms with Crippen LogP contribution in [-0.2, 0) is 19.6 Å². The zero-order chi connectivity index (χ0) is 19.5. The Bertz CT molecular complexity index is 940. The molecule has 7 nitrogen and oxygen atoms in total. The number of benzene rings is 1. The van der Waals surface area contributed by atoms with E-state index in [1.807, 2.05) is 0 Å². The number of esters is 1. The third-order valence-corrected chi connectivity index (χ3v) is 7.00. The molecule has 2 aromatic rings. The molecule has 0 aliphatic rings. The summed E-state index contributed by atoms with van der Waals surface area (Å²) in [5, 5.41) is 2.63. The first kappa shape index (κ1) is 20.4. The van der Waals surface area contributed by atoms with Crippen LogP contribution in [-0.4, -0.2) is 45.3 Å². The molecule has 1 N–H and O–H groups in total. The van der Waals surface area contributed by atoms with E-state index in [1.165, 1.54) is 32.4 Å². The van der Waals surface area contributed by atoms with E-state index < -0.39 is 21.9 Å². The van der Waals surface area contributed by atoms with Crippen molar-refractivity contribution in [2.75, 3.05) is 26.0 Å². The van der Waals surface area contributed by atoms with Gasteiger partial charge in [0.05, 0.1) is 23.6 Å². The minimum absolute atomic E-state index is 0.0661. The molecule has 0 unspecified atom stereocenters. The highest BCUT2D eigenvalue weighted by atomic mass is 35.5. The maximum absolute atomic E-state index is 12.4. The van der Waals surface area contributed by atoms with E-state index in [9.17, 15) is 18.0 Å². The molecule has 1 aromatic carbocycles. The SMILES string of the molecule is COC(=O)c1ccc(NC(=O)CN(C)S(=O)(=O)c2ccc(Cl)s2)c(C)c1. The van der Waals surface area contributed by atoms with E-state index in [4.69, 9.17) is 11.6 Å². The number of hydrogen-bond donors (Lipinski definition) is 1. The highest BCUT2D eigenvalue weighted by molar-refractivity contribution is 7.91. The molecule has 0 saturated carbocycles. The number of aryl methyl sites for hydroxylation is 1. The van der Waals surface area contributed by atoms with Crippen molar-refractivity contribution in [3.05, 3.63) is 45.8 Å². The second-order valence-corrected chi connectivity index (χ2v) is 9.38. The Kier molecular flexibility index (Phi) is 6.40. The molecule has 0 saturated heterocycles. The molecule has 1 amide bonds. The monoisotopic (exact) mass is 416 g/mol. The molecule has 0 radical (unpaired) electrons. The Morgan fingerprint density at radius 3 is 2.50 bits per heavy atom. The molecular formula is C16H17ClN2O5S2. The van der Waals surface area contributed by atoms with Gasteiger partial charge >= 0.3 is 5.97 Å². The fourth-order valence-corrected chi connectivity index (χ4v) is 4.94. The van der Waals surface area contributed by atoms with Crippen molar-refractivity contribution in [2.24, 2.45) is 0 Å². The van der Waals surface area contributed by atoms with Crippen LogP contribution in [0.15, 0.2) is 34.5 Å². The lowest BCUT2D eigenvalue weighted by molar-refractivity contribution is -0.116. The fourth-order valence-electron chi connectivity index (χ4n) is 2.12. The number of thiophene rings is 1. The topological polar surface area (TPSA) is 92.8 Å². The molecule has 0 atom stereocenters. The first-order valence-electron chi connectivity index (χ1n) is 7.35. The highest BCUT2D eigenvalue weighted by Crippen LogP contribution is 2.27. The molecule has 140 valence electrons. The van der Waals surface area contributed by atoms with Crippen LogP contribution < -0.4 is 5.32 Å². The van der Waals surface area contributed by atoms with Gasteiger partial charge in [-0.2, -0.15) is 4.31 Å². The summed E-state index contributed by atoms with van der Waals surface area (Å²) in [6.45, 7) is 1.35. The number of nitrogens with one attached hydrogen (secondary N) is 1. The number of carbonyl (C=O) groups excluding carboxylic acids is 2. The van der Waals surface area contributed by atoms with E-state index in [1.54, 1.807) is 19.1 Å². The Labute approximate surface area is 160 Å². The zero-order valence-electron chi connectivity index (χ0n) is 14.3. The van der Waals surface area contributed by atoms with Crippen LogP contribution >= 0.6 is 22.9 Å². The number of hydrogen-bond acceptors (Lipinski definition) is 6. The maximum Gasteiger partial charge on any atom is 0.337 e. The van der Waals surface area contributed by atoms with Crippen LogP contribution in [0.1, 0.15) is 15.9 Å². The molecule has 0 bridgehead atoms. The molecule has 2 rings (SSSR count). The summed E-state index contributed by atoms with van der Waals surface area (Å²) in [7, 11) is -1.19. The number of rotatable bonds is 6. The molecule has 1 heterocycles. The predicted molar refractivity (Wildman–Crippen MR) is 100 cm³/mol. The standard InChI is InChI=1S/C16H17ClN2O5S2/c1-10-8-11(16(21)24-3)4-5-12(10)18-14(20)9-19(2)26(22,23)15-7-6-13(17)25-15/h4-8H,9H2,1-3H3,(H,18,20). The predicted octanol–water partition coefficient (Wildman–Crippen LogP) is 2.76. The Morgan fingerprint density at radius 2 is 1.96 bits per heavy atom. The lowest BCUT2D eigenvalue weighted by Gasteiger charge is -2.16. The fraction of sp³-hybridized carbons (Fsp3) is 0.250. The minimum Gasteiger partial charge on any atom is -0.465 e. The van der Waals surface area contributed by atoms with Crippen LogP contribution in [0.5, 0.6) is 0 Å².